The van der Waals surface area contributed by atoms with Gasteiger partial charge in [0.15, 0.2) is 0 Å². The minimum absolute atomic E-state index is 0.197. The van der Waals surface area contributed by atoms with Crippen molar-refractivity contribution in [2.75, 3.05) is 0 Å². The molecule has 0 N–H and O–H groups in total. The molecule has 4 aromatic carbocycles. The van der Waals surface area contributed by atoms with Gasteiger partial charge in [0.1, 0.15) is 11.6 Å². The predicted octanol–water partition coefficient (Wildman–Crippen LogP) is 6.19. The number of carbonyl (C=O) groups excluding carboxylic acids is 2. The zero-order chi connectivity index (χ0) is 24.8. The summed E-state index contributed by atoms with van der Waals surface area (Å²) in [5.74, 6) is -0.0396. The van der Waals surface area contributed by atoms with Gasteiger partial charge in [-0.15, -0.1) is 0 Å². The topological polar surface area (TPSA) is 34.1 Å². The Hall–Kier alpha value is -3.78. The van der Waals surface area contributed by atoms with Gasteiger partial charge in [-0.05, 0) is 36.1 Å². The molecular formula is C34H28O2. The first-order valence-electron chi connectivity index (χ1n) is 12.8. The van der Waals surface area contributed by atoms with Crippen molar-refractivity contribution in [1.29, 1.82) is 0 Å². The molecule has 3 aliphatic carbocycles. The first kappa shape index (κ1) is 21.5. The molecule has 176 valence electrons. The molecule has 2 heteroatoms. The molecule has 3 fully saturated rings. The van der Waals surface area contributed by atoms with Gasteiger partial charge in [-0.3, -0.25) is 9.59 Å². The van der Waals surface area contributed by atoms with Crippen LogP contribution in [0.2, 0.25) is 0 Å². The molecule has 2 nitrogen and oxygen atoms in total. The molecule has 3 saturated carbocycles. The summed E-state index contributed by atoms with van der Waals surface area (Å²) >= 11 is 0. The zero-order valence-corrected chi connectivity index (χ0v) is 20.5. The van der Waals surface area contributed by atoms with Gasteiger partial charge in [0.25, 0.3) is 0 Å². The quantitative estimate of drug-likeness (QED) is 0.338. The monoisotopic (exact) mass is 468 g/mol. The van der Waals surface area contributed by atoms with Crippen molar-refractivity contribution in [3.05, 3.63) is 144 Å². The zero-order valence-electron chi connectivity index (χ0n) is 20.5. The van der Waals surface area contributed by atoms with Crippen LogP contribution in [0, 0.1) is 11.8 Å². The lowest BCUT2D eigenvalue weighted by Gasteiger charge is -2.51. The highest BCUT2D eigenvalue weighted by atomic mass is 16.1. The van der Waals surface area contributed by atoms with Crippen LogP contribution < -0.4 is 0 Å². The molecule has 0 atom stereocenters. The maximum Gasteiger partial charge on any atom is 0.134 e. The van der Waals surface area contributed by atoms with Crippen LogP contribution in [0.1, 0.15) is 36.1 Å². The molecule has 3 aliphatic rings. The third kappa shape index (κ3) is 1.91. The van der Waals surface area contributed by atoms with Crippen molar-refractivity contribution in [3.8, 4) is 0 Å². The summed E-state index contributed by atoms with van der Waals surface area (Å²) in [6.45, 7) is 3.50. The van der Waals surface area contributed by atoms with Crippen LogP contribution in [0.15, 0.2) is 121 Å². The number of hydrogen-bond donors (Lipinski definition) is 0. The Morgan fingerprint density at radius 2 is 0.611 bits per heavy atom. The van der Waals surface area contributed by atoms with Crippen molar-refractivity contribution in [2.45, 2.75) is 35.5 Å². The molecule has 0 bridgehead atoms. The van der Waals surface area contributed by atoms with Gasteiger partial charge in [0.2, 0.25) is 0 Å². The van der Waals surface area contributed by atoms with Crippen LogP contribution in [-0.4, -0.2) is 11.6 Å². The van der Waals surface area contributed by atoms with E-state index in [0.717, 1.165) is 22.3 Å². The largest absolute Gasteiger partial charge is 0.300 e. The lowest BCUT2D eigenvalue weighted by atomic mass is 9.49. The van der Waals surface area contributed by atoms with E-state index in [-0.39, 0.29) is 23.4 Å². The first-order chi connectivity index (χ1) is 17.6. The van der Waals surface area contributed by atoms with Crippen LogP contribution in [-0.2, 0) is 31.2 Å². The van der Waals surface area contributed by atoms with Crippen LogP contribution in [0.4, 0.5) is 0 Å². The number of fused-ring (bicyclic) bond motifs is 4. The molecule has 7 rings (SSSR count). The minimum atomic E-state index is -0.498. The van der Waals surface area contributed by atoms with Crippen molar-refractivity contribution in [1.82, 2.24) is 0 Å². The van der Waals surface area contributed by atoms with Gasteiger partial charge in [0.05, 0.1) is 0 Å². The SMILES string of the molecule is CC(=O)C1C2(c3ccccc3)C1(c1ccccc1)C1(c3ccccc3)C(C(C)=O)C21c1ccccc1. The summed E-state index contributed by atoms with van der Waals surface area (Å²) in [5.41, 5.74) is 2.65. The van der Waals surface area contributed by atoms with E-state index in [1.807, 2.05) is 24.3 Å². The lowest BCUT2D eigenvalue weighted by molar-refractivity contribution is -0.121. The third-order valence-electron chi connectivity index (χ3n) is 9.78. The second-order valence-corrected chi connectivity index (χ2v) is 10.8. The Morgan fingerprint density at radius 1 is 0.417 bits per heavy atom. The summed E-state index contributed by atoms with van der Waals surface area (Å²) in [6, 6.07) is 42.1. The number of ketones is 2. The fourth-order valence-corrected chi connectivity index (χ4v) is 9.55. The minimum Gasteiger partial charge on any atom is -0.300 e. The smallest absolute Gasteiger partial charge is 0.134 e. The van der Waals surface area contributed by atoms with Crippen LogP contribution in [0.3, 0.4) is 0 Å². The van der Waals surface area contributed by atoms with Gasteiger partial charge >= 0.3 is 0 Å². The Labute approximate surface area is 212 Å². The van der Waals surface area contributed by atoms with Crippen LogP contribution >= 0.6 is 0 Å². The molecule has 4 aromatic rings. The second-order valence-electron chi connectivity index (χ2n) is 10.8. The Bertz CT molecular complexity index is 1260. The fourth-order valence-electron chi connectivity index (χ4n) is 9.55. The van der Waals surface area contributed by atoms with Crippen molar-refractivity contribution in [3.63, 3.8) is 0 Å². The van der Waals surface area contributed by atoms with Crippen molar-refractivity contribution in [2.24, 2.45) is 11.8 Å². The lowest BCUT2D eigenvalue weighted by Crippen LogP contribution is -2.56. The van der Waals surface area contributed by atoms with E-state index in [4.69, 9.17) is 0 Å². The molecule has 0 aromatic heterocycles. The number of hydrogen-bond acceptors (Lipinski definition) is 2. The summed E-state index contributed by atoms with van der Waals surface area (Å²) in [7, 11) is 0. The molecule has 36 heavy (non-hydrogen) atoms. The molecule has 0 saturated heterocycles. The summed E-state index contributed by atoms with van der Waals surface area (Å²) in [5, 5.41) is 0. The van der Waals surface area contributed by atoms with Gasteiger partial charge in [-0.25, -0.2) is 0 Å². The van der Waals surface area contributed by atoms with Crippen molar-refractivity contribution >= 4 is 11.6 Å². The number of Topliss-reactive ketones (excluding diaryl/α,β-unsaturated/α-hetero) is 2. The van der Waals surface area contributed by atoms with Crippen LogP contribution in [0.25, 0.3) is 0 Å². The second kappa shape index (κ2) is 6.91. The van der Waals surface area contributed by atoms with E-state index >= 15 is 0 Å². The highest BCUT2D eigenvalue weighted by Gasteiger charge is 3.15. The van der Waals surface area contributed by atoms with E-state index in [2.05, 4.69) is 97.1 Å². The Kier molecular flexibility index (Phi) is 4.13. The molecule has 0 heterocycles. The van der Waals surface area contributed by atoms with Crippen LogP contribution in [0.5, 0.6) is 0 Å². The number of benzene rings is 4. The molecule has 0 spiro atoms. The molecule has 0 aliphatic heterocycles. The number of carbonyl (C=O) groups is 2. The average Bonchev–Trinajstić information content (AvgIpc) is 3.74. The standard InChI is InChI=1S/C34H28O2/c1-23(35)29-31(25-15-7-3-8-16-25)32(29,26-17-9-4-10-18-26)34(28-21-13-6-14-22-28)30(24(2)36)33(31,34)27-19-11-5-12-20-27/h3-22,29-30H,1-2H3. The van der Waals surface area contributed by atoms with E-state index < -0.39 is 21.7 Å². The van der Waals surface area contributed by atoms with Crippen molar-refractivity contribution < 1.29 is 9.59 Å². The molecule has 0 radical (unpaired) electrons. The molecule has 0 amide bonds. The number of rotatable bonds is 6. The first-order valence-corrected chi connectivity index (χ1v) is 12.8. The maximum absolute atomic E-state index is 13.7. The maximum atomic E-state index is 13.7. The van der Waals surface area contributed by atoms with E-state index in [9.17, 15) is 9.59 Å². The van der Waals surface area contributed by atoms with Gasteiger partial charge in [0, 0.05) is 33.5 Å². The van der Waals surface area contributed by atoms with Gasteiger partial charge < -0.3 is 0 Å². The highest BCUT2D eigenvalue weighted by Crippen LogP contribution is 3.07. The van der Waals surface area contributed by atoms with E-state index in [0.29, 0.717) is 0 Å². The van der Waals surface area contributed by atoms with E-state index in [1.165, 1.54) is 0 Å². The molecule has 0 unspecified atom stereocenters. The summed E-state index contributed by atoms with van der Waals surface area (Å²) < 4.78 is 0. The van der Waals surface area contributed by atoms with Gasteiger partial charge in [-0.1, -0.05) is 121 Å². The highest BCUT2D eigenvalue weighted by molar-refractivity contribution is 6.05. The van der Waals surface area contributed by atoms with Gasteiger partial charge in [-0.2, -0.15) is 0 Å². The summed E-state index contributed by atoms with van der Waals surface area (Å²) in [6.07, 6.45) is 0. The van der Waals surface area contributed by atoms with E-state index in [1.54, 1.807) is 13.8 Å². The fraction of sp³-hybridized carbons (Fsp3) is 0.235. The summed E-state index contributed by atoms with van der Waals surface area (Å²) in [4.78, 5) is 27.5. The average molecular weight is 469 g/mol. The predicted molar refractivity (Wildman–Crippen MR) is 141 cm³/mol. The Morgan fingerprint density at radius 3 is 0.778 bits per heavy atom. The third-order valence-corrected chi connectivity index (χ3v) is 9.78. The normalized spacial score (nSPS) is 35.1. The molecular weight excluding hydrogens is 440 g/mol. The Balaban J connectivity index is 1.68.